The standard InChI is InChI=1S/C82H70N8/c1-79(2,3)58-30-36-70-66(44-58)67-45-59(80(4,5)6)31-37-71(67)89(70)74-42-55(28-34-64(74)53-20-16-18-50(40-53)48-83)77-86-76(52-26-24-51(25-27-52)63-23-15-14-19-57(63)49-84)87-78(88-77)56-29-35-65(54-21-17-22-62(41-54)85-13)75(43-56)90-72-38-32-60(81(7,8)9)46-68(72)69-47-61(82(10,11)12)33-39-73(69)90/h14-47H,1-12H3. The third-order valence-corrected chi connectivity index (χ3v) is 17.7. The molecule has 0 spiro atoms. The van der Waals surface area contributed by atoms with Gasteiger partial charge in [-0.2, -0.15) is 10.5 Å². The Hall–Kier alpha value is -10.7. The molecule has 90 heavy (non-hydrogen) atoms. The van der Waals surface area contributed by atoms with E-state index in [2.05, 4.69) is 231 Å². The number of hydrogen-bond donors (Lipinski definition) is 0. The monoisotopic (exact) mass is 1170 g/mol. The number of benzene rings is 10. The van der Waals surface area contributed by atoms with Crippen LogP contribution in [0.1, 0.15) is 116 Å². The van der Waals surface area contributed by atoms with Crippen molar-refractivity contribution in [1.29, 1.82) is 10.5 Å². The first-order valence-electron chi connectivity index (χ1n) is 30.8. The number of nitriles is 2. The lowest BCUT2D eigenvalue weighted by molar-refractivity contribution is 0.590. The molecule has 0 saturated carbocycles. The molecule has 0 aliphatic rings. The SMILES string of the molecule is [C-]#[N+]c1cccc(-c2ccc(-c3nc(-c4ccc(-c5ccccc5C#N)cc4)nc(-c4ccc(-c5cccc(C#N)c5)c(-n5c6ccc(C(C)(C)C)cc6c6cc(C(C)(C)C)ccc65)c4)n3)cc2-n2c3ccc(C(C)(C)C)cc3c3cc(C(C)(C)C)ccc32)c1. The molecule has 0 aliphatic carbocycles. The van der Waals surface area contributed by atoms with Gasteiger partial charge in [0.25, 0.3) is 0 Å². The van der Waals surface area contributed by atoms with Gasteiger partial charge in [0.1, 0.15) is 0 Å². The van der Waals surface area contributed by atoms with Crippen LogP contribution in [0.2, 0.25) is 0 Å². The zero-order valence-corrected chi connectivity index (χ0v) is 53.2. The van der Waals surface area contributed by atoms with Gasteiger partial charge < -0.3 is 9.13 Å². The quantitative estimate of drug-likeness (QED) is 0.141. The highest BCUT2D eigenvalue weighted by Crippen LogP contribution is 2.45. The Morgan fingerprint density at radius 1 is 0.344 bits per heavy atom. The van der Waals surface area contributed by atoms with Gasteiger partial charge in [0.15, 0.2) is 23.2 Å². The average Bonchev–Trinajstić information content (AvgIpc) is 1.61. The molecule has 13 rings (SSSR count). The fraction of sp³-hybridized carbons (Fsp3) is 0.195. The zero-order valence-electron chi connectivity index (χ0n) is 53.2. The maximum Gasteiger partial charge on any atom is 0.187 e. The van der Waals surface area contributed by atoms with Gasteiger partial charge in [-0.3, -0.25) is 0 Å². The molecule has 3 heterocycles. The van der Waals surface area contributed by atoms with Crippen LogP contribution < -0.4 is 0 Å². The van der Waals surface area contributed by atoms with E-state index in [1.165, 1.54) is 22.3 Å². The second-order valence-corrected chi connectivity index (χ2v) is 28.0. The van der Waals surface area contributed by atoms with Crippen molar-refractivity contribution in [2.45, 2.75) is 105 Å². The molecule has 0 bridgehead atoms. The Balaban J connectivity index is 1.09. The minimum Gasteiger partial charge on any atom is -0.309 e. The smallest absolute Gasteiger partial charge is 0.187 e. The molecule has 0 atom stereocenters. The van der Waals surface area contributed by atoms with Gasteiger partial charge in [0.2, 0.25) is 0 Å². The Bertz CT molecular complexity index is 4780. The summed E-state index contributed by atoms with van der Waals surface area (Å²) in [4.78, 5) is 20.3. The molecular formula is C82H70N8. The van der Waals surface area contributed by atoms with Gasteiger partial charge in [0.05, 0.1) is 63.3 Å². The van der Waals surface area contributed by atoms with Crippen molar-refractivity contribution >= 4 is 49.3 Å². The molecule has 13 aromatic rings. The molecular weight excluding hydrogens is 1100 g/mol. The van der Waals surface area contributed by atoms with Gasteiger partial charge in [-0.25, -0.2) is 19.8 Å². The lowest BCUT2D eigenvalue weighted by Crippen LogP contribution is -2.10. The van der Waals surface area contributed by atoms with E-state index in [-0.39, 0.29) is 21.7 Å². The molecule has 10 aromatic carbocycles. The lowest BCUT2D eigenvalue weighted by Gasteiger charge is -2.20. The van der Waals surface area contributed by atoms with E-state index in [0.717, 1.165) is 105 Å². The second kappa shape index (κ2) is 21.8. The summed E-state index contributed by atoms with van der Waals surface area (Å²) in [6.07, 6.45) is 0. The van der Waals surface area contributed by atoms with Gasteiger partial charge in [-0.1, -0.05) is 204 Å². The Kier molecular flexibility index (Phi) is 14.2. The topological polar surface area (TPSA) is 100 Å². The fourth-order valence-corrected chi connectivity index (χ4v) is 12.5. The van der Waals surface area contributed by atoms with Crippen molar-refractivity contribution in [3.63, 3.8) is 0 Å². The van der Waals surface area contributed by atoms with Crippen molar-refractivity contribution in [1.82, 2.24) is 24.1 Å². The first-order valence-corrected chi connectivity index (χ1v) is 30.8. The molecule has 0 unspecified atom stereocenters. The summed E-state index contributed by atoms with van der Waals surface area (Å²) in [5.74, 6) is 1.41. The van der Waals surface area contributed by atoms with E-state index in [1.54, 1.807) is 0 Å². The Morgan fingerprint density at radius 2 is 0.733 bits per heavy atom. The summed E-state index contributed by atoms with van der Waals surface area (Å²) in [5, 5.41) is 25.0. The first kappa shape index (κ1) is 58.3. The summed E-state index contributed by atoms with van der Waals surface area (Å²) in [7, 11) is 0. The zero-order chi connectivity index (χ0) is 63.2. The number of hydrogen-bond acceptors (Lipinski definition) is 5. The van der Waals surface area contributed by atoms with Crippen molar-refractivity contribution in [2.75, 3.05) is 0 Å². The molecule has 0 amide bonds. The molecule has 3 aromatic heterocycles. The third kappa shape index (κ3) is 10.6. The maximum atomic E-state index is 10.3. The summed E-state index contributed by atoms with van der Waals surface area (Å²) in [6.45, 7) is 35.2. The highest BCUT2D eigenvalue weighted by molar-refractivity contribution is 6.12. The number of aromatic nitrogens is 5. The summed E-state index contributed by atoms with van der Waals surface area (Å²) >= 11 is 0. The fourth-order valence-electron chi connectivity index (χ4n) is 12.5. The van der Waals surface area contributed by atoms with Gasteiger partial charge in [-0.15, -0.1) is 0 Å². The first-order chi connectivity index (χ1) is 43.0. The normalized spacial score (nSPS) is 12.2. The van der Waals surface area contributed by atoms with E-state index in [0.29, 0.717) is 34.3 Å². The third-order valence-electron chi connectivity index (χ3n) is 17.7. The van der Waals surface area contributed by atoms with Crippen LogP contribution >= 0.6 is 0 Å². The maximum absolute atomic E-state index is 10.3. The predicted octanol–water partition coefficient (Wildman–Crippen LogP) is 21.6. The largest absolute Gasteiger partial charge is 0.309 e. The van der Waals surface area contributed by atoms with E-state index in [1.807, 2.05) is 84.9 Å². The molecule has 0 saturated heterocycles. The van der Waals surface area contributed by atoms with Crippen molar-refractivity contribution in [3.05, 3.63) is 251 Å². The van der Waals surface area contributed by atoms with Crippen molar-refractivity contribution in [2.24, 2.45) is 0 Å². The molecule has 0 aliphatic heterocycles. The Morgan fingerprint density at radius 3 is 1.14 bits per heavy atom. The van der Waals surface area contributed by atoms with Gasteiger partial charge in [-0.05, 0) is 151 Å². The van der Waals surface area contributed by atoms with Crippen LogP contribution in [-0.2, 0) is 21.7 Å². The van der Waals surface area contributed by atoms with E-state index >= 15 is 0 Å². The van der Waals surface area contributed by atoms with Crippen LogP contribution in [0.25, 0.3) is 127 Å². The molecule has 8 nitrogen and oxygen atoms in total. The highest BCUT2D eigenvalue weighted by atomic mass is 15.0. The van der Waals surface area contributed by atoms with Gasteiger partial charge in [0, 0.05) is 49.4 Å². The minimum absolute atomic E-state index is 0.0929. The molecule has 8 heteroatoms. The summed E-state index contributed by atoms with van der Waals surface area (Å²) < 4.78 is 4.75. The van der Waals surface area contributed by atoms with Crippen molar-refractivity contribution < 1.29 is 0 Å². The van der Waals surface area contributed by atoms with E-state index < -0.39 is 0 Å². The summed E-state index contributed by atoms with van der Waals surface area (Å²) in [6, 6.07) is 76.5. The van der Waals surface area contributed by atoms with Crippen LogP contribution in [0, 0.1) is 29.2 Å². The van der Waals surface area contributed by atoms with Crippen LogP contribution in [-0.4, -0.2) is 24.1 Å². The van der Waals surface area contributed by atoms with Crippen molar-refractivity contribution in [3.8, 4) is 91.1 Å². The van der Waals surface area contributed by atoms with Gasteiger partial charge >= 0.3 is 0 Å². The Labute approximate surface area is 527 Å². The molecule has 0 N–H and O–H groups in total. The number of rotatable bonds is 8. The van der Waals surface area contributed by atoms with E-state index in [4.69, 9.17) is 21.5 Å². The van der Waals surface area contributed by atoms with E-state index in [9.17, 15) is 10.5 Å². The average molecular weight is 1170 g/mol. The number of fused-ring (bicyclic) bond motifs is 6. The van der Waals surface area contributed by atoms with Crippen LogP contribution in [0.3, 0.4) is 0 Å². The molecule has 0 radical (unpaired) electrons. The summed E-state index contributed by atoms with van der Waals surface area (Å²) in [5.41, 5.74) is 20.1. The minimum atomic E-state index is -0.0943. The second-order valence-electron chi connectivity index (χ2n) is 28.0. The highest BCUT2D eigenvalue weighted by Gasteiger charge is 2.27. The van der Waals surface area contributed by atoms with Crippen LogP contribution in [0.5, 0.6) is 0 Å². The number of nitrogens with zero attached hydrogens (tertiary/aromatic N) is 8. The molecule has 438 valence electrons. The predicted molar refractivity (Wildman–Crippen MR) is 372 cm³/mol. The lowest BCUT2D eigenvalue weighted by atomic mass is 9.85. The molecule has 0 fully saturated rings. The van der Waals surface area contributed by atoms with Crippen LogP contribution in [0.15, 0.2) is 206 Å². The van der Waals surface area contributed by atoms with Crippen LogP contribution in [0.4, 0.5) is 5.69 Å².